The number of carboxylic acids is 1. The molecule has 1 fully saturated rings. The number of nitrogens with zero attached hydrogens (tertiary/aromatic N) is 1. The summed E-state index contributed by atoms with van der Waals surface area (Å²) in [6.45, 7) is 5.49. The van der Waals surface area contributed by atoms with Crippen molar-refractivity contribution in [1.29, 1.82) is 0 Å². The number of amides is 1. The number of hydrogen-bond donors (Lipinski definition) is 2. The Hall–Kier alpha value is -1.97. The Kier molecular flexibility index (Phi) is 6.74. The fraction of sp³-hybridized carbons (Fsp3) is 0.529. The highest BCUT2D eigenvalue weighted by Gasteiger charge is 2.30. The van der Waals surface area contributed by atoms with Crippen LogP contribution in [0.15, 0.2) is 29.2 Å². The van der Waals surface area contributed by atoms with Crippen molar-refractivity contribution < 1.29 is 27.9 Å². The Labute approximate surface area is 153 Å². The first-order valence-electron chi connectivity index (χ1n) is 8.43. The summed E-state index contributed by atoms with van der Waals surface area (Å²) in [5.41, 5.74) is -0.132. The minimum absolute atomic E-state index is 0.0954. The Bertz CT molecular complexity index is 756. The van der Waals surface area contributed by atoms with Crippen LogP contribution in [-0.2, 0) is 19.6 Å². The minimum Gasteiger partial charge on any atom is -0.478 e. The van der Waals surface area contributed by atoms with Gasteiger partial charge in [-0.05, 0) is 30.5 Å². The average Bonchev–Trinajstić information content (AvgIpc) is 2.60. The van der Waals surface area contributed by atoms with E-state index in [4.69, 9.17) is 9.84 Å². The third-order valence-electron chi connectivity index (χ3n) is 4.02. The fourth-order valence-corrected chi connectivity index (χ4v) is 3.97. The van der Waals surface area contributed by atoms with E-state index < -0.39 is 22.0 Å². The summed E-state index contributed by atoms with van der Waals surface area (Å²) in [6, 6.07) is 4.15. The molecule has 0 radical (unpaired) electrons. The number of benzene rings is 1. The van der Waals surface area contributed by atoms with Gasteiger partial charge in [-0.2, -0.15) is 4.72 Å². The molecule has 26 heavy (non-hydrogen) atoms. The van der Waals surface area contributed by atoms with Gasteiger partial charge in [0, 0.05) is 13.1 Å². The quantitative estimate of drug-likeness (QED) is 0.723. The lowest BCUT2D eigenvalue weighted by atomic mass is 10.0. The van der Waals surface area contributed by atoms with E-state index >= 15 is 0 Å². The van der Waals surface area contributed by atoms with Gasteiger partial charge >= 0.3 is 5.97 Å². The number of sulfonamides is 1. The first kappa shape index (κ1) is 20.3. The first-order valence-corrected chi connectivity index (χ1v) is 9.91. The van der Waals surface area contributed by atoms with Crippen LogP contribution in [0.3, 0.4) is 0 Å². The van der Waals surface area contributed by atoms with E-state index in [0.717, 1.165) is 6.07 Å². The molecule has 0 aromatic heterocycles. The summed E-state index contributed by atoms with van der Waals surface area (Å²) in [4.78, 5) is 25.3. The van der Waals surface area contributed by atoms with Gasteiger partial charge in [0.15, 0.2) is 0 Å². The smallest absolute Gasteiger partial charge is 0.335 e. The number of nitrogens with one attached hydrogen (secondary N) is 1. The Morgan fingerprint density at radius 1 is 1.27 bits per heavy atom. The second kappa shape index (κ2) is 8.61. The van der Waals surface area contributed by atoms with Crippen LogP contribution in [0, 0.1) is 5.92 Å². The lowest BCUT2D eigenvalue weighted by Gasteiger charge is -2.31. The SMILES string of the molecule is CC(C)CC(NS(=O)(=O)c1cccc(C(=O)O)c1)C(=O)N1CCOCC1. The van der Waals surface area contributed by atoms with Crippen LogP contribution in [-0.4, -0.2) is 62.6 Å². The molecule has 0 spiro atoms. The zero-order valence-electron chi connectivity index (χ0n) is 14.8. The highest BCUT2D eigenvalue weighted by atomic mass is 32.2. The van der Waals surface area contributed by atoms with Gasteiger partial charge in [-0.25, -0.2) is 13.2 Å². The van der Waals surface area contributed by atoms with Crippen molar-refractivity contribution >= 4 is 21.9 Å². The number of rotatable bonds is 7. The molecule has 1 saturated heterocycles. The first-order chi connectivity index (χ1) is 12.2. The molecule has 0 bridgehead atoms. The van der Waals surface area contributed by atoms with Gasteiger partial charge in [-0.15, -0.1) is 0 Å². The molecule has 1 aromatic carbocycles. The number of aromatic carboxylic acids is 1. The van der Waals surface area contributed by atoms with Gasteiger partial charge in [0.25, 0.3) is 0 Å². The van der Waals surface area contributed by atoms with Gasteiger partial charge in [-0.1, -0.05) is 19.9 Å². The van der Waals surface area contributed by atoms with Gasteiger partial charge < -0.3 is 14.7 Å². The second-order valence-corrected chi connectivity index (χ2v) is 8.29. The molecular formula is C17H24N2O6S. The number of morpholine rings is 1. The maximum absolute atomic E-state index is 12.8. The maximum atomic E-state index is 12.8. The molecule has 1 aliphatic heterocycles. The minimum atomic E-state index is -4.04. The van der Waals surface area contributed by atoms with E-state index in [1.54, 1.807) is 4.90 Å². The summed E-state index contributed by atoms with van der Waals surface area (Å²) in [5, 5.41) is 9.05. The molecule has 1 heterocycles. The van der Waals surface area contributed by atoms with Gasteiger partial charge in [0.2, 0.25) is 15.9 Å². The van der Waals surface area contributed by atoms with Crippen LogP contribution >= 0.6 is 0 Å². The summed E-state index contributed by atoms with van der Waals surface area (Å²) in [5.74, 6) is -1.41. The molecule has 2 N–H and O–H groups in total. The number of carbonyl (C=O) groups excluding carboxylic acids is 1. The topological polar surface area (TPSA) is 113 Å². The monoisotopic (exact) mass is 384 g/mol. The summed E-state index contributed by atoms with van der Waals surface area (Å²) >= 11 is 0. The molecule has 8 nitrogen and oxygen atoms in total. The fourth-order valence-electron chi connectivity index (χ4n) is 2.73. The zero-order chi connectivity index (χ0) is 19.3. The van der Waals surface area contributed by atoms with Crippen molar-refractivity contribution in [2.75, 3.05) is 26.3 Å². The molecule has 1 aromatic rings. The molecule has 1 unspecified atom stereocenters. The summed E-state index contributed by atoms with van der Waals surface area (Å²) in [6.07, 6.45) is 0.341. The highest BCUT2D eigenvalue weighted by Crippen LogP contribution is 2.16. The Morgan fingerprint density at radius 2 is 1.92 bits per heavy atom. The van der Waals surface area contributed by atoms with Crippen molar-refractivity contribution in [3.05, 3.63) is 29.8 Å². The third-order valence-corrected chi connectivity index (χ3v) is 5.49. The van der Waals surface area contributed by atoms with E-state index in [1.165, 1.54) is 18.2 Å². The molecule has 1 aliphatic rings. The van der Waals surface area contributed by atoms with Crippen LogP contribution in [0.4, 0.5) is 0 Å². The highest BCUT2D eigenvalue weighted by molar-refractivity contribution is 7.89. The number of hydrogen-bond acceptors (Lipinski definition) is 5. The standard InChI is InChI=1S/C17H24N2O6S/c1-12(2)10-15(16(20)19-6-8-25-9-7-19)18-26(23,24)14-5-3-4-13(11-14)17(21)22/h3-5,11-12,15,18H,6-10H2,1-2H3,(H,21,22). The normalized spacial score (nSPS) is 16.5. The van der Waals surface area contributed by atoms with Crippen molar-refractivity contribution in [2.45, 2.75) is 31.2 Å². The predicted molar refractivity (Wildman–Crippen MR) is 94.4 cm³/mol. The molecule has 9 heteroatoms. The van der Waals surface area contributed by atoms with Gasteiger partial charge in [0.1, 0.15) is 6.04 Å². The van der Waals surface area contributed by atoms with Crippen LogP contribution in [0.2, 0.25) is 0 Å². The molecule has 144 valence electrons. The van der Waals surface area contributed by atoms with Crippen molar-refractivity contribution in [3.8, 4) is 0 Å². The number of ether oxygens (including phenoxy) is 1. The lowest BCUT2D eigenvalue weighted by Crippen LogP contribution is -2.52. The Balaban J connectivity index is 2.24. The zero-order valence-corrected chi connectivity index (χ0v) is 15.7. The molecule has 1 atom stereocenters. The van der Waals surface area contributed by atoms with E-state index in [9.17, 15) is 18.0 Å². The Morgan fingerprint density at radius 3 is 2.50 bits per heavy atom. The number of carbonyl (C=O) groups is 2. The molecule has 2 rings (SSSR count). The van der Waals surface area contributed by atoms with E-state index in [-0.39, 0.29) is 22.3 Å². The molecule has 0 saturated carbocycles. The van der Waals surface area contributed by atoms with Gasteiger partial charge in [-0.3, -0.25) is 4.79 Å². The predicted octanol–water partition coefficient (Wildman–Crippen LogP) is 0.937. The van der Waals surface area contributed by atoms with Crippen molar-refractivity contribution in [2.24, 2.45) is 5.92 Å². The van der Waals surface area contributed by atoms with Crippen molar-refractivity contribution in [3.63, 3.8) is 0 Å². The van der Waals surface area contributed by atoms with Gasteiger partial charge in [0.05, 0.1) is 23.7 Å². The van der Waals surface area contributed by atoms with Crippen molar-refractivity contribution in [1.82, 2.24) is 9.62 Å². The molecule has 1 amide bonds. The maximum Gasteiger partial charge on any atom is 0.335 e. The molecular weight excluding hydrogens is 360 g/mol. The summed E-state index contributed by atoms with van der Waals surface area (Å²) < 4.78 is 33.1. The second-order valence-electron chi connectivity index (χ2n) is 6.57. The largest absolute Gasteiger partial charge is 0.478 e. The van der Waals surface area contributed by atoms with Crippen LogP contribution in [0.1, 0.15) is 30.6 Å². The lowest BCUT2D eigenvalue weighted by molar-refractivity contribution is -0.137. The van der Waals surface area contributed by atoms with E-state index in [2.05, 4.69) is 4.72 Å². The molecule has 0 aliphatic carbocycles. The van der Waals surface area contributed by atoms with Crippen LogP contribution < -0.4 is 4.72 Å². The van der Waals surface area contributed by atoms with E-state index in [0.29, 0.717) is 32.7 Å². The van der Waals surface area contributed by atoms with Crippen LogP contribution in [0.5, 0.6) is 0 Å². The average molecular weight is 384 g/mol. The summed E-state index contributed by atoms with van der Waals surface area (Å²) in [7, 11) is -4.04. The van der Waals surface area contributed by atoms with Crippen LogP contribution in [0.25, 0.3) is 0 Å². The number of carboxylic acid groups (broad SMARTS) is 1. The third kappa shape index (κ3) is 5.26. The van der Waals surface area contributed by atoms with E-state index in [1.807, 2.05) is 13.8 Å².